The van der Waals surface area contributed by atoms with E-state index in [0.29, 0.717) is 19.6 Å². The van der Waals surface area contributed by atoms with Crippen LogP contribution in [0.25, 0.3) is 0 Å². The van der Waals surface area contributed by atoms with Gasteiger partial charge in [-0.25, -0.2) is 9.40 Å². The second kappa shape index (κ2) is 8.88. The number of carbonyl (C=O) groups excluding carboxylic acids is 1. The van der Waals surface area contributed by atoms with Crippen molar-refractivity contribution in [1.29, 1.82) is 0 Å². The summed E-state index contributed by atoms with van der Waals surface area (Å²) >= 11 is 0. The predicted molar refractivity (Wildman–Crippen MR) is 103 cm³/mol. The Hall–Kier alpha value is -2.57. The highest BCUT2D eigenvalue weighted by Crippen LogP contribution is 2.32. The summed E-state index contributed by atoms with van der Waals surface area (Å²) in [6.07, 6.45) is 0.596. The third-order valence-corrected chi connectivity index (χ3v) is 4.56. The number of ether oxygens (including phenoxy) is 1. The molecule has 0 aromatic heterocycles. The van der Waals surface area contributed by atoms with Gasteiger partial charge in [-0.3, -0.25) is 4.79 Å². The molecule has 1 aliphatic rings. The van der Waals surface area contributed by atoms with Gasteiger partial charge in [-0.15, -0.1) is 0 Å². The maximum absolute atomic E-state index is 13.2. The van der Waals surface area contributed by atoms with Gasteiger partial charge in [-0.05, 0) is 30.2 Å². The van der Waals surface area contributed by atoms with Gasteiger partial charge in [0, 0.05) is 20.1 Å². The Labute approximate surface area is 158 Å². The standard InChI is InChI=1S/C21H24FN3O2/c1-15-3-5-17(6-4-15)20-13-19(16-7-9-18(22)10-8-16)24-25(20)21(26)14-23-11-12-27-2/h3-10,20,23H,11-14H2,1-2H3. The summed E-state index contributed by atoms with van der Waals surface area (Å²) in [6, 6.07) is 14.2. The number of hydrogen-bond donors (Lipinski definition) is 1. The molecule has 0 fully saturated rings. The lowest BCUT2D eigenvalue weighted by atomic mass is 9.97. The van der Waals surface area contributed by atoms with Crippen molar-refractivity contribution in [1.82, 2.24) is 10.3 Å². The molecule has 0 saturated carbocycles. The van der Waals surface area contributed by atoms with Crippen LogP contribution in [0.3, 0.4) is 0 Å². The van der Waals surface area contributed by atoms with Crippen LogP contribution in [0.5, 0.6) is 0 Å². The largest absolute Gasteiger partial charge is 0.383 e. The van der Waals surface area contributed by atoms with Gasteiger partial charge in [0.2, 0.25) is 0 Å². The number of hydrazone groups is 1. The van der Waals surface area contributed by atoms with E-state index in [1.807, 2.05) is 31.2 Å². The fourth-order valence-corrected chi connectivity index (χ4v) is 3.06. The summed E-state index contributed by atoms with van der Waals surface area (Å²) in [5, 5.41) is 9.19. The molecule has 0 bridgehead atoms. The zero-order valence-electron chi connectivity index (χ0n) is 15.6. The molecule has 1 heterocycles. The number of nitrogens with zero attached hydrogens (tertiary/aromatic N) is 2. The fourth-order valence-electron chi connectivity index (χ4n) is 3.06. The summed E-state index contributed by atoms with van der Waals surface area (Å²) < 4.78 is 18.2. The number of carbonyl (C=O) groups is 1. The monoisotopic (exact) mass is 369 g/mol. The molecule has 1 N–H and O–H groups in total. The second-order valence-electron chi connectivity index (χ2n) is 6.59. The predicted octanol–water partition coefficient (Wildman–Crippen LogP) is 3.05. The van der Waals surface area contributed by atoms with Crippen LogP contribution in [0.15, 0.2) is 53.6 Å². The Morgan fingerprint density at radius 3 is 2.59 bits per heavy atom. The smallest absolute Gasteiger partial charge is 0.257 e. The van der Waals surface area contributed by atoms with Crippen molar-refractivity contribution in [3.63, 3.8) is 0 Å². The number of methoxy groups -OCH3 is 1. The lowest BCUT2D eigenvalue weighted by Crippen LogP contribution is -2.36. The van der Waals surface area contributed by atoms with Crippen molar-refractivity contribution in [3.05, 3.63) is 71.0 Å². The van der Waals surface area contributed by atoms with Gasteiger partial charge in [-0.2, -0.15) is 5.10 Å². The number of aryl methyl sites for hydroxylation is 1. The third kappa shape index (κ3) is 4.78. The van der Waals surface area contributed by atoms with Gasteiger partial charge < -0.3 is 10.1 Å². The molecule has 0 saturated heterocycles. The minimum atomic E-state index is -0.289. The quantitative estimate of drug-likeness (QED) is 0.764. The SMILES string of the molecule is COCCNCC(=O)N1N=C(c2ccc(F)cc2)CC1c1ccc(C)cc1. The van der Waals surface area contributed by atoms with Gasteiger partial charge in [0.1, 0.15) is 5.82 Å². The van der Waals surface area contributed by atoms with Crippen LogP contribution in [0.2, 0.25) is 0 Å². The van der Waals surface area contributed by atoms with E-state index in [2.05, 4.69) is 10.4 Å². The number of hydrogen-bond acceptors (Lipinski definition) is 4. The Balaban J connectivity index is 1.81. The first-order chi connectivity index (χ1) is 13.1. The molecule has 0 spiro atoms. The van der Waals surface area contributed by atoms with Gasteiger partial charge in [-0.1, -0.05) is 42.0 Å². The van der Waals surface area contributed by atoms with E-state index in [9.17, 15) is 9.18 Å². The Morgan fingerprint density at radius 2 is 1.93 bits per heavy atom. The van der Waals surface area contributed by atoms with Crippen LogP contribution in [0.4, 0.5) is 4.39 Å². The first-order valence-electron chi connectivity index (χ1n) is 9.00. The highest BCUT2D eigenvalue weighted by Gasteiger charge is 2.32. The molecule has 1 amide bonds. The Morgan fingerprint density at radius 1 is 1.22 bits per heavy atom. The second-order valence-corrected chi connectivity index (χ2v) is 6.59. The highest BCUT2D eigenvalue weighted by atomic mass is 19.1. The van der Waals surface area contributed by atoms with E-state index >= 15 is 0 Å². The minimum Gasteiger partial charge on any atom is -0.383 e. The van der Waals surface area contributed by atoms with E-state index in [0.717, 1.165) is 22.4 Å². The molecule has 27 heavy (non-hydrogen) atoms. The number of halogens is 1. The van der Waals surface area contributed by atoms with E-state index in [-0.39, 0.29) is 24.3 Å². The molecule has 1 atom stereocenters. The molecule has 6 heteroatoms. The maximum atomic E-state index is 13.2. The van der Waals surface area contributed by atoms with Crippen LogP contribution in [0, 0.1) is 12.7 Å². The summed E-state index contributed by atoms with van der Waals surface area (Å²) in [5.74, 6) is -0.392. The van der Waals surface area contributed by atoms with E-state index in [1.165, 1.54) is 12.1 Å². The van der Waals surface area contributed by atoms with Crippen LogP contribution in [0.1, 0.15) is 29.2 Å². The summed E-state index contributed by atoms with van der Waals surface area (Å²) in [7, 11) is 1.62. The first kappa shape index (κ1) is 19.2. The molecule has 1 aliphatic heterocycles. The fraction of sp³-hybridized carbons (Fsp3) is 0.333. The molecule has 2 aromatic rings. The molecular weight excluding hydrogens is 345 g/mol. The maximum Gasteiger partial charge on any atom is 0.257 e. The molecule has 0 radical (unpaired) electrons. The van der Waals surface area contributed by atoms with Gasteiger partial charge >= 0.3 is 0 Å². The number of benzene rings is 2. The zero-order valence-corrected chi connectivity index (χ0v) is 15.6. The van der Waals surface area contributed by atoms with E-state index in [4.69, 9.17) is 4.74 Å². The van der Waals surface area contributed by atoms with Crippen LogP contribution < -0.4 is 5.32 Å². The molecule has 142 valence electrons. The lowest BCUT2D eigenvalue weighted by molar-refractivity contribution is -0.132. The van der Waals surface area contributed by atoms with Crippen LogP contribution >= 0.6 is 0 Å². The van der Waals surface area contributed by atoms with Crippen molar-refractivity contribution in [2.75, 3.05) is 26.8 Å². The zero-order chi connectivity index (χ0) is 19.2. The van der Waals surface area contributed by atoms with Crippen LogP contribution in [-0.4, -0.2) is 43.4 Å². The molecule has 2 aromatic carbocycles. The number of nitrogens with one attached hydrogen (secondary N) is 1. The molecule has 5 nitrogen and oxygen atoms in total. The third-order valence-electron chi connectivity index (χ3n) is 4.56. The van der Waals surface area contributed by atoms with Crippen LogP contribution in [-0.2, 0) is 9.53 Å². The lowest BCUT2D eigenvalue weighted by Gasteiger charge is -2.22. The van der Waals surface area contributed by atoms with Crippen molar-refractivity contribution < 1.29 is 13.9 Å². The van der Waals surface area contributed by atoms with Gasteiger partial charge in [0.15, 0.2) is 0 Å². The molecule has 0 aliphatic carbocycles. The Bertz CT molecular complexity index is 803. The van der Waals surface area contributed by atoms with E-state index < -0.39 is 0 Å². The minimum absolute atomic E-state index is 0.103. The number of amides is 1. The highest BCUT2D eigenvalue weighted by molar-refractivity contribution is 6.03. The van der Waals surface area contributed by atoms with Gasteiger partial charge in [0.25, 0.3) is 5.91 Å². The van der Waals surface area contributed by atoms with Crippen molar-refractivity contribution in [2.45, 2.75) is 19.4 Å². The van der Waals surface area contributed by atoms with E-state index in [1.54, 1.807) is 24.3 Å². The summed E-state index contributed by atoms with van der Waals surface area (Å²) in [5.41, 5.74) is 3.81. The van der Waals surface area contributed by atoms with Crippen molar-refractivity contribution in [2.24, 2.45) is 5.10 Å². The van der Waals surface area contributed by atoms with Crippen molar-refractivity contribution >= 4 is 11.6 Å². The summed E-state index contributed by atoms with van der Waals surface area (Å²) in [6.45, 7) is 3.35. The number of rotatable bonds is 7. The molecule has 3 rings (SSSR count). The molecule has 1 unspecified atom stereocenters. The average Bonchev–Trinajstić information content (AvgIpc) is 3.12. The average molecular weight is 369 g/mol. The Kier molecular flexibility index (Phi) is 6.32. The first-order valence-corrected chi connectivity index (χ1v) is 9.00. The molecular formula is C21H24FN3O2. The normalized spacial score (nSPS) is 16.5. The van der Waals surface area contributed by atoms with Gasteiger partial charge in [0.05, 0.1) is 24.9 Å². The topological polar surface area (TPSA) is 53.9 Å². The van der Waals surface area contributed by atoms with Crippen molar-refractivity contribution in [3.8, 4) is 0 Å². The summed E-state index contributed by atoms with van der Waals surface area (Å²) in [4.78, 5) is 12.7.